The summed E-state index contributed by atoms with van der Waals surface area (Å²) in [5.74, 6) is -0.329. The van der Waals surface area contributed by atoms with Gasteiger partial charge in [-0.25, -0.2) is 9.97 Å². The monoisotopic (exact) mass is 390 g/mol. The summed E-state index contributed by atoms with van der Waals surface area (Å²) in [6.07, 6.45) is 1.18. The normalized spacial score (nSPS) is 11.2. The summed E-state index contributed by atoms with van der Waals surface area (Å²) in [7, 11) is 1.36. The first kappa shape index (κ1) is 18.9. The van der Waals surface area contributed by atoms with Gasteiger partial charge in [0.1, 0.15) is 5.52 Å². The van der Waals surface area contributed by atoms with Crippen molar-refractivity contribution in [2.45, 2.75) is 25.8 Å². The highest BCUT2D eigenvalue weighted by molar-refractivity contribution is 6.06. The van der Waals surface area contributed by atoms with Gasteiger partial charge in [-0.1, -0.05) is 30.3 Å². The Morgan fingerprint density at radius 3 is 2.52 bits per heavy atom. The van der Waals surface area contributed by atoms with Crippen molar-refractivity contribution in [1.29, 1.82) is 0 Å². The van der Waals surface area contributed by atoms with Crippen molar-refractivity contribution in [3.05, 3.63) is 48.5 Å². The van der Waals surface area contributed by atoms with Crippen LogP contribution in [0.25, 0.3) is 33.1 Å². The fourth-order valence-electron chi connectivity index (χ4n) is 3.47. The Kier molecular flexibility index (Phi) is 5.37. The van der Waals surface area contributed by atoms with E-state index < -0.39 is 0 Å². The fraction of sp³-hybridized carbons (Fsp3) is 0.273. The van der Waals surface area contributed by atoms with Gasteiger partial charge in [-0.2, -0.15) is 0 Å². The maximum absolute atomic E-state index is 12.3. The number of hydrogen-bond acceptors (Lipinski definition) is 5. The Labute approximate surface area is 167 Å². The standard InChI is InChI=1S/C22H22N4O3/c1-29-20(28)11-6-13-23-19(27)12-14-26-18-10-5-2-7-15(18)21-22(26)25-17-9-4-3-8-16(17)24-21/h2-5,7-10H,6,11-14H2,1H3,(H,23,27). The SMILES string of the molecule is COC(=O)CCCNC(=O)CCn1c2ccccc2c2nc3ccccc3nc21. The van der Waals surface area contributed by atoms with Gasteiger partial charge in [-0.15, -0.1) is 0 Å². The molecule has 2 aromatic carbocycles. The predicted molar refractivity (Wildman–Crippen MR) is 111 cm³/mol. The summed E-state index contributed by atoms with van der Waals surface area (Å²) in [4.78, 5) is 33.0. The van der Waals surface area contributed by atoms with E-state index in [9.17, 15) is 9.59 Å². The molecule has 0 spiro atoms. The van der Waals surface area contributed by atoms with Crippen molar-refractivity contribution in [3.63, 3.8) is 0 Å². The number of para-hydroxylation sites is 3. The quantitative estimate of drug-likeness (QED) is 0.387. The number of carbonyl (C=O) groups excluding carboxylic acids is 2. The fourth-order valence-corrected chi connectivity index (χ4v) is 3.47. The molecule has 0 aliphatic heterocycles. The van der Waals surface area contributed by atoms with Crippen LogP contribution >= 0.6 is 0 Å². The number of fused-ring (bicyclic) bond motifs is 4. The van der Waals surface area contributed by atoms with Crippen molar-refractivity contribution < 1.29 is 14.3 Å². The Hall–Kier alpha value is -3.48. The number of nitrogens with one attached hydrogen (secondary N) is 1. The van der Waals surface area contributed by atoms with Gasteiger partial charge in [-0.05, 0) is 24.6 Å². The highest BCUT2D eigenvalue weighted by Gasteiger charge is 2.15. The second kappa shape index (κ2) is 8.26. The highest BCUT2D eigenvalue weighted by Crippen LogP contribution is 2.28. The first-order chi connectivity index (χ1) is 14.2. The number of aryl methyl sites for hydroxylation is 1. The van der Waals surface area contributed by atoms with E-state index in [0.29, 0.717) is 32.4 Å². The number of nitrogens with zero attached hydrogens (tertiary/aromatic N) is 3. The third-order valence-corrected chi connectivity index (χ3v) is 4.93. The molecule has 7 nitrogen and oxygen atoms in total. The Balaban J connectivity index is 1.55. The van der Waals surface area contributed by atoms with E-state index in [1.807, 2.05) is 48.5 Å². The first-order valence-corrected chi connectivity index (χ1v) is 9.64. The number of ether oxygens (including phenoxy) is 1. The molecule has 2 aromatic heterocycles. The van der Waals surface area contributed by atoms with Gasteiger partial charge < -0.3 is 14.6 Å². The predicted octanol–water partition coefficient (Wildman–Crippen LogP) is 3.20. The largest absolute Gasteiger partial charge is 0.469 e. The topological polar surface area (TPSA) is 86.1 Å². The van der Waals surface area contributed by atoms with Crippen LogP contribution in [0.4, 0.5) is 0 Å². The number of esters is 1. The zero-order valence-corrected chi connectivity index (χ0v) is 16.2. The average molecular weight is 390 g/mol. The van der Waals surface area contributed by atoms with E-state index in [1.54, 1.807) is 0 Å². The third-order valence-electron chi connectivity index (χ3n) is 4.93. The van der Waals surface area contributed by atoms with E-state index in [1.165, 1.54) is 7.11 Å². The number of aromatic nitrogens is 3. The van der Waals surface area contributed by atoms with Crippen LogP contribution in [-0.2, 0) is 20.9 Å². The van der Waals surface area contributed by atoms with Crippen LogP contribution in [-0.4, -0.2) is 40.1 Å². The van der Waals surface area contributed by atoms with Crippen molar-refractivity contribution in [3.8, 4) is 0 Å². The minimum Gasteiger partial charge on any atom is -0.469 e. The molecule has 29 heavy (non-hydrogen) atoms. The lowest BCUT2D eigenvalue weighted by atomic mass is 10.2. The zero-order valence-electron chi connectivity index (χ0n) is 16.2. The van der Waals surface area contributed by atoms with Crippen LogP contribution in [0.3, 0.4) is 0 Å². The van der Waals surface area contributed by atoms with Gasteiger partial charge in [-0.3, -0.25) is 9.59 Å². The number of benzene rings is 2. The van der Waals surface area contributed by atoms with Crippen LogP contribution in [0, 0.1) is 0 Å². The summed E-state index contributed by atoms with van der Waals surface area (Å²) in [5, 5.41) is 3.88. The molecule has 0 aliphatic carbocycles. The minimum absolute atomic E-state index is 0.0606. The van der Waals surface area contributed by atoms with E-state index in [0.717, 1.165) is 33.1 Å². The van der Waals surface area contributed by atoms with Crippen LogP contribution in [0.15, 0.2) is 48.5 Å². The molecule has 0 atom stereocenters. The Bertz CT molecular complexity index is 1200. The minimum atomic E-state index is -0.268. The van der Waals surface area contributed by atoms with Crippen molar-refractivity contribution in [2.24, 2.45) is 0 Å². The lowest BCUT2D eigenvalue weighted by Gasteiger charge is -2.08. The average Bonchev–Trinajstić information content (AvgIpc) is 3.06. The summed E-state index contributed by atoms with van der Waals surface area (Å²) in [5.41, 5.74) is 4.32. The molecule has 0 radical (unpaired) electrons. The van der Waals surface area contributed by atoms with Gasteiger partial charge in [0.15, 0.2) is 5.65 Å². The molecule has 2 heterocycles. The zero-order chi connectivity index (χ0) is 20.2. The molecule has 0 saturated heterocycles. The van der Waals surface area contributed by atoms with Crippen LogP contribution in [0.2, 0.25) is 0 Å². The molecule has 7 heteroatoms. The lowest BCUT2D eigenvalue weighted by Crippen LogP contribution is -2.26. The molecule has 1 N–H and O–H groups in total. The van der Waals surface area contributed by atoms with Crippen LogP contribution in [0.1, 0.15) is 19.3 Å². The second-order valence-corrected chi connectivity index (χ2v) is 6.83. The maximum atomic E-state index is 12.3. The third kappa shape index (κ3) is 3.89. The molecule has 148 valence electrons. The van der Waals surface area contributed by atoms with Gasteiger partial charge >= 0.3 is 5.97 Å². The molecule has 0 bridgehead atoms. The molecular weight excluding hydrogens is 368 g/mol. The van der Waals surface area contributed by atoms with E-state index in [4.69, 9.17) is 9.97 Å². The highest BCUT2D eigenvalue weighted by atomic mass is 16.5. The lowest BCUT2D eigenvalue weighted by molar-refractivity contribution is -0.140. The molecule has 0 aliphatic rings. The summed E-state index contributed by atoms with van der Waals surface area (Å²) in [6.45, 7) is 0.950. The molecule has 4 rings (SSSR count). The Morgan fingerprint density at radius 2 is 1.72 bits per heavy atom. The molecular formula is C22H22N4O3. The number of amides is 1. The molecule has 1 amide bonds. The number of hydrogen-bond donors (Lipinski definition) is 1. The smallest absolute Gasteiger partial charge is 0.305 e. The number of rotatable bonds is 7. The van der Waals surface area contributed by atoms with Crippen molar-refractivity contribution in [1.82, 2.24) is 19.9 Å². The summed E-state index contributed by atoms with van der Waals surface area (Å²) >= 11 is 0. The summed E-state index contributed by atoms with van der Waals surface area (Å²) < 4.78 is 6.65. The van der Waals surface area contributed by atoms with Gasteiger partial charge in [0.25, 0.3) is 0 Å². The van der Waals surface area contributed by atoms with E-state index in [-0.39, 0.29) is 11.9 Å². The van der Waals surface area contributed by atoms with Gasteiger partial charge in [0.05, 0.1) is 23.7 Å². The van der Waals surface area contributed by atoms with E-state index in [2.05, 4.69) is 14.6 Å². The van der Waals surface area contributed by atoms with Gasteiger partial charge in [0.2, 0.25) is 5.91 Å². The van der Waals surface area contributed by atoms with Crippen LogP contribution in [0.5, 0.6) is 0 Å². The van der Waals surface area contributed by atoms with Crippen LogP contribution < -0.4 is 5.32 Å². The molecule has 0 unspecified atom stereocenters. The molecule has 0 fully saturated rings. The first-order valence-electron chi connectivity index (χ1n) is 9.64. The number of carbonyl (C=O) groups is 2. The molecule has 0 saturated carbocycles. The second-order valence-electron chi connectivity index (χ2n) is 6.83. The maximum Gasteiger partial charge on any atom is 0.305 e. The Morgan fingerprint density at radius 1 is 1.00 bits per heavy atom. The van der Waals surface area contributed by atoms with Crippen molar-refractivity contribution >= 4 is 45.0 Å². The van der Waals surface area contributed by atoms with E-state index >= 15 is 0 Å². The number of methoxy groups -OCH3 is 1. The van der Waals surface area contributed by atoms with Crippen molar-refractivity contribution in [2.75, 3.05) is 13.7 Å². The summed E-state index contributed by atoms with van der Waals surface area (Å²) in [6, 6.07) is 15.8. The van der Waals surface area contributed by atoms with Gasteiger partial charge in [0, 0.05) is 31.3 Å². The molecule has 4 aromatic rings.